The summed E-state index contributed by atoms with van der Waals surface area (Å²) >= 11 is 0. The topological polar surface area (TPSA) is 67.9 Å². The number of nitrogens with one attached hydrogen (secondary N) is 1. The number of piperazine rings is 1. The number of ether oxygens (including phenoxy) is 2. The quantitative estimate of drug-likeness (QED) is 0.775. The van der Waals surface area contributed by atoms with Gasteiger partial charge < -0.3 is 19.7 Å². The summed E-state index contributed by atoms with van der Waals surface area (Å²) in [5.41, 5.74) is -0.530. The first-order valence-electron chi connectivity index (χ1n) is 6.10. The first-order chi connectivity index (χ1) is 8.33. The van der Waals surface area contributed by atoms with Crippen LogP contribution in [0.4, 0.5) is 4.79 Å². The zero-order chi connectivity index (χ0) is 13.8. The van der Waals surface area contributed by atoms with E-state index >= 15 is 0 Å². The Kier molecular flexibility index (Phi) is 7.15. The lowest BCUT2D eigenvalue weighted by atomic mass is 10.1. The summed E-state index contributed by atoms with van der Waals surface area (Å²) in [6.07, 6.45) is -0.194. The number of nitrogens with zero attached hydrogens (tertiary/aromatic N) is 1. The summed E-state index contributed by atoms with van der Waals surface area (Å²) in [6, 6.07) is -0.207. The summed E-state index contributed by atoms with van der Waals surface area (Å²) in [5.74, 6) is -0.322. The van der Waals surface area contributed by atoms with Crippen LogP contribution in [0.25, 0.3) is 0 Å². The third-order valence-corrected chi connectivity index (χ3v) is 2.61. The average Bonchev–Trinajstić information content (AvgIpc) is 2.27. The second kappa shape index (κ2) is 7.55. The van der Waals surface area contributed by atoms with Crippen molar-refractivity contribution in [1.82, 2.24) is 10.2 Å². The van der Waals surface area contributed by atoms with Crippen LogP contribution in [0, 0.1) is 0 Å². The molecule has 0 radical (unpaired) electrons. The molecule has 112 valence electrons. The van der Waals surface area contributed by atoms with Crippen LogP contribution < -0.4 is 5.32 Å². The Morgan fingerprint density at radius 1 is 1.37 bits per heavy atom. The third kappa shape index (κ3) is 6.11. The van der Waals surface area contributed by atoms with Crippen LogP contribution in [0.1, 0.15) is 27.2 Å². The number of carbonyl (C=O) groups excluding carboxylic acids is 2. The van der Waals surface area contributed by atoms with Crippen LogP contribution in [-0.2, 0) is 14.3 Å². The van der Waals surface area contributed by atoms with Gasteiger partial charge in [0, 0.05) is 19.6 Å². The molecule has 1 heterocycles. The molecule has 19 heavy (non-hydrogen) atoms. The van der Waals surface area contributed by atoms with Crippen molar-refractivity contribution in [2.75, 3.05) is 26.7 Å². The lowest BCUT2D eigenvalue weighted by molar-refractivity contribution is -0.142. The molecule has 0 bridgehead atoms. The Morgan fingerprint density at radius 2 is 2.00 bits per heavy atom. The number of hydrogen-bond acceptors (Lipinski definition) is 5. The fourth-order valence-electron chi connectivity index (χ4n) is 1.78. The van der Waals surface area contributed by atoms with Gasteiger partial charge in [-0.2, -0.15) is 0 Å². The summed E-state index contributed by atoms with van der Waals surface area (Å²) in [7, 11) is 1.34. The van der Waals surface area contributed by atoms with Crippen molar-refractivity contribution >= 4 is 24.5 Å². The molecule has 6 nitrogen and oxygen atoms in total. The minimum absolute atomic E-state index is 0. The Bertz CT molecular complexity index is 317. The SMILES string of the molecule is COC(=O)CC1CNCCN1C(=O)OC(C)(C)C.Cl. The van der Waals surface area contributed by atoms with Gasteiger partial charge in [-0.1, -0.05) is 0 Å². The highest BCUT2D eigenvalue weighted by Gasteiger charge is 2.31. The Labute approximate surface area is 120 Å². The lowest BCUT2D eigenvalue weighted by Gasteiger charge is -2.36. The van der Waals surface area contributed by atoms with E-state index in [1.54, 1.807) is 4.90 Å². The highest BCUT2D eigenvalue weighted by Crippen LogP contribution is 2.15. The van der Waals surface area contributed by atoms with Gasteiger partial charge in [0.25, 0.3) is 0 Å². The summed E-state index contributed by atoms with van der Waals surface area (Å²) in [5, 5.41) is 3.15. The van der Waals surface area contributed by atoms with Gasteiger partial charge in [0.1, 0.15) is 5.60 Å². The van der Waals surface area contributed by atoms with Crippen molar-refractivity contribution in [3.8, 4) is 0 Å². The molecular formula is C12H23ClN2O4. The van der Waals surface area contributed by atoms with Gasteiger partial charge in [-0.15, -0.1) is 12.4 Å². The predicted octanol–water partition coefficient (Wildman–Crippen LogP) is 1.18. The number of methoxy groups -OCH3 is 1. The van der Waals surface area contributed by atoms with Crippen LogP contribution in [0.3, 0.4) is 0 Å². The molecule has 1 aliphatic rings. The second-order valence-electron chi connectivity index (χ2n) is 5.31. The van der Waals surface area contributed by atoms with Crippen LogP contribution in [0.2, 0.25) is 0 Å². The largest absolute Gasteiger partial charge is 0.469 e. The van der Waals surface area contributed by atoms with E-state index in [0.717, 1.165) is 0 Å². The van der Waals surface area contributed by atoms with Crippen LogP contribution >= 0.6 is 12.4 Å². The number of esters is 1. The van der Waals surface area contributed by atoms with E-state index in [0.29, 0.717) is 19.6 Å². The number of hydrogen-bond donors (Lipinski definition) is 1. The fourth-order valence-corrected chi connectivity index (χ4v) is 1.78. The molecule has 7 heteroatoms. The molecule has 1 rings (SSSR count). The van der Waals surface area contributed by atoms with E-state index < -0.39 is 5.60 Å². The van der Waals surface area contributed by atoms with Crippen molar-refractivity contribution < 1.29 is 19.1 Å². The molecule has 1 atom stereocenters. The lowest BCUT2D eigenvalue weighted by Crippen LogP contribution is -2.55. The first-order valence-corrected chi connectivity index (χ1v) is 6.10. The molecule has 1 fully saturated rings. The average molecular weight is 295 g/mol. The summed E-state index contributed by atoms with van der Waals surface area (Å²) < 4.78 is 9.97. The Morgan fingerprint density at radius 3 is 2.53 bits per heavy atom. The fraction of sp³-hybridized carbons (Fsp3) is 0.833. The zero-order valence-electron chi connectivity index (χ0n) is 11.9. The number of carbonyl (C=O) groups is 2. The first kappa shape index (κ1) is 18.0. The molecule has 1 aliphatic heterocycles. The minimum atomic E-state index is -0.530. The Hall–Kier alpha value is -1.01. The maximum Gasteiger partial charge on any atom is 0.410 e. The standard InChI is InChI=1S/C12H22N2O4.ClH/c1-12(2,3)18-11(16)14-6-5-13-8-9(14)7-10(15)17-4;/h9,13H,5-8H2,1-4H3;1H. The molecule has 1 unspecified atom stereocenters. The molecule has 0 saturated carbocycles. The maximum absolute atomic E-state index is 12.0. The van der Waals surface area contributed by atoms with Gasteiger partial charge in [0.05, 0.1) is 19.6 Å². The van der Waals surface area contributed by atoms with Crippen LogP contribution in [-0.4, -0.2) is 55.3 Å². The molecule has 0 spiro atoms. The normalized spacial score (nSPS) is 19.4. The van der Waals surface area contributed by atoms with Crippen molar-refractivity contribution in [3.63, 3.8) is 0 Å². The van der Waals surface area contributed by atoms with E-state index in [4.69, 9.17) is 4.74 Å². The molecule has 0 aliphatic carbocycles. The number of rotatable bonds is 2. The molecular weight excluding hydrogens is 272 g/mol. The molecule has 0 aromatic rings. The molecule has 0 aromatic heterocycles. The number of halogens is 1. The van der Waals surface area contributed by atoms with Crippen molar-refractivity contribution in [2.45, 2.75) is 38.8 Å². The van der Waals surface area contributed by atoms with E-state index in [2.05, 4.69) is 10.1 Å². The molecule has 1 amide bonds. The zero-order valence-corrected chi connectivity index (χ0v) is 12.7. The molecule has 1 saturated heterocycles. The van der Waals surface area contributed by atoms with Crippen molar-refractivity contribution in [3.05, 3.63) is 0 Å². The summed E-state index contributed by atoms with van der Waals surface area (Å²) in [4.78, 5) is 24.9. The van der Waals surface area contributed by atoms with Crippen molar-refractivity contribution in [1.29, 1.82) is 0 Å². The third-order valence-electron chi connectivity index (χ3n) is 2.61. The Balaban J connectivity index is 0.00000324. The van der Waals surface area contributed by atoms with E-state index in [-0.39, 0.29) is 36.9 Å². The van der Waals surface area contributed by atoms with Crippen LogP contribution in [0.5, 0.6) is 0 Å². The van der Waals surface area contributed by atoms with Gasteiger partial charge in [0.15, 0.2) is 0 Å². The highest BCUT2D eigenvalue weighted by molar-refractivity contribution is 5.85. The van der Waals surface area contributed by atoms with Gasteiger partial charge in [-0.25, -0.2) is 4.79 Å². The minimum Gasteiger partial charge on any atom is -0.469 e. The van der Waals surface area contributed by atoms with Gasteiger partial charge in [0.2, 0.25) is 0 Å². The van der Waals surface area contributed by atoms with Crippen molar-refractivity contribution in [2.24, 2.45) is 0 Å². The van der Waals surface area contributed by atoms with Gasteiger partial charge >= 0.3 is 12.1 Å². The van der Waals surface area contributed by atoms with Crippen LogP contribution in [0.15, 0.2) is 0 Å². The monoisotopic (exact) mass is 294 g/mol. The summed E-state index contributed by atoms with van der Waals surface area (Å²) in [6.45, 7) is 7.29. The molecule has 0 aromatic carbocycles. The number of amides is 1. The predicted molar refractivity (Wildman–Crippen MR) is 73.5 cm³/mol. The van der Waals surface area contributed by atoms with Gasteiger partial charge in [-0.05, 0) is 20.8 Å². The highest BCUT2D eigenvalue weighted by atomic mass is 35.5. The maximum atomic E-state index is 12.0. The van der Waals surface area contributed by atoms with E-state index in [9.17, 15) is 9.59 Å². The van der Waals surface area contributed by atoms with E-state index in [1.165, 1.54) is 7.11 Å². The van der Waals surface area contributed by atoms with E-state index in [1.807, 2.05) is 20.8 Å². The molecule has 1 N–H and O–H groups in total. The van der Waals surface area contributed by atoms with Gasteiger partial charge in [-0.3, -0.25) is 4.79 Å². The second-order valence-corrected chi connectivity index (χ2v) is 5.31. The smallest absolute Gasteiger partial charge is 0.410 e.